The van der Waals surface area contributed by atoms with Gasteiger partial charge in [-0.05, 0) is 97.7 Å². The predicted octanol–water partition coefficient (Wildman–Crippen LogP) is 3.55. The Morgan fingerprint density at radius 1 is 1.09 bits per heavy atom. The lowest BCUT2D eigenvalue weighted by molar-refractivity contribution is -0.209. The molecule has 11 atom stereocenters. The highest BCUT2D eigenvalue weighted by Gasteiger charge is 2.65. The summed E-state index contributed by atoms with van der Waals surface area (Å²) in [5.41, 5.74) is -0.0812. The van der Waals surface area contributed by atoms with Crippen LogP contribution in [-0.2, 0) is 14.3 Å². The molecule has 0 bridgehead atoms. The van der Waals surface area contributed by atoms with Crippen molar-refractivity contribution < 1.29 is 29.6 Å². The standard InChI is InChI=1S/C27H46O6/c1-16(5-8-24(31)32-4)19-6-7-20-25-21(15-23(30)27(19,20)3)26(2)10-9-18(33-12-11-28)13-17(26)14-22(25)29/h16-23,25,28-30H,5-15H2,1-4H3/t16-,17-,18+,19-,20+,21+,22-,23+,25+,26+,27-/m1/s1. The van der Waals surface area contributed by atoms with Crippen LogP contribution in [0.4, 0.5) is 0 Å². The Bertz CT molecular complexity index is 698. The number of rotatable bonds is 7. The van der Waals surface area contributed by atoms with E-state index in [9.17, 15) is 15.0 Å². The molecule has 4 saturated carbocycles. The molecule has 0 aromatic carbocycles. The van der Waals surface area contributed by atoms with E-state index in [0.29, 0.717) is 42.6 Å². The van der Waals surface area contributed by atoms with Crippen molar-refractivity contribution in [2.45, 2.75) is 96.9 Å². The summed E-state index contributed by atoms with van der Waals surface area (Å²) in [6.45, 7) is 7.34. The van der Waals surface area contributed by atoms with Gasteiger partial charge in [-0.1, -0.05) is 20.8 Å². The highest BCUT2D eigenvalue weighted by atomic mass is 16.5. The fraction of sp³-hybridized carbons (Fsp3) is 0.963. The van der Waals surface area contributed by atoms with Crippen molar-refractivity contribution in [1.82, 2.24) is 0 Å². The zero-order chi connectivity index (χ0) is 24.0. The molecule has 0 aliphatic heterocycles. The Morgan fingerprint density at radius 2 is 1.85 bits per heavy atom. The van der Waals surface area contributed by atoms with Crippen LogP contribution in [0.25, 0.3) is 0 Å². The van der Waals surface area contributed by atoms with Crippen LogP contribution in [0.2, 0.25) is 0 Å². The third-order valence-electron chi connectivity index (χ3n) is 11.0. The molecule has 0 aromatic rings. The number of carbonyl (C=O) groups excluding carboxylic acids is 1. The van der Waals surface area contributed by atoms with Crippen molar-refractivity contribution in [3.8, 4) is 0 Å². The van der Waals surface area contributed by atoms with Gasteiger partial charge < -0.3 is 24.8 Å². The van der Waals surface area contributed by atoms with Crippen LogP contribution in [0.1, 0.15) is 78.6 Å². The quantitative estimate of drug-likeness (QED) is 0.497. The fourth-order valence-corrected chi connectivity index (χ4v) is 9.13. The normalized spacial score (nSPS) is 47.8. The number of aliphatic hydroxyl groups excluding tert-OH is 3. The first-order valence-corrected chi connectivity index (χ1v) is 13.3. The van der Waals surface area contributed by atoms with Gasteiger partial charge in [0.25, 0.3) is 0 Å². The number of carbonyl (C=O) groups is 1. The van der Waals surface area contributed by atoms with Crippen molar-refractivity contribution in [2.75, 3.05) is 20.3 Å². The van der Waals surface area contributed by atoms with E-state index in [2.05, 4.69) is 20.8 Å². The molecular formula is C27H46O6. The molecule has 0 spiro atoms. The monoisotopic (exact) mass is 466 g/mol. The van der Waals surface area contributed by atoms with E-state index < -0.39 is 0 Å². The maximum Gasteiger partial charge on any atom is 0.305 e. The Hall–Kier alpha value is -0.690. The Labute approximate surface area is 199 Å². The Morgan fingerprint density at radius 3 is 2.55 bits per heavy atom. The molecule has 4 rings (SSSR count). The number of hydrogen-bond acceptors (Lipinski definition) is 6. The molecule has 33 heavy (non-hydrogen) atoms. The largest absolute Gasteiger partial charge is 0.469 e. The van der Waals surface area contributed by atoms with Gasteiger partial charge in [-0.15, -0.1) is 0 Å². The zero-order valence-corrected chi connectivity index (χ0v) is 21.0. The van der Waals surface area contributed by atoms with E-state index in [1.807, 2.05) is 0 Å². The van der Waals surface area contributed by atoms with Crippen molar-refractivity contribution in [1.29, 1.82) is 0 Å². The van der Waals surface area contributed by atoms with Gasteiger partial charge in [0.1, 0.15) is 0 Å². The molecule has 0 unspecified atom stereocenters. The second-order valence-electron chi connectivity index (χ2n) is 12.2. The third-order valence-corrected chi connectivity index (χ3v) is 11.0. The number of esters is 1. The lowest BCUT2D eigenvalue weighted by atomic mass is 9.43. The molecule has 0 radical (unpaired) electrons. The third kappa shape index (κ3) is 4.28. The van der Waals surface area contributed by atoms with Gasteiger partial charge in [0, 0.05) is 6.42 Å². The van der Waals surface area contributed by atoms with Crippen LogP contribution in [0, 0.1) is 46.3 Å². The molecule has 3 N–H and O–H groups in total. The minimum atomic E-state index is -0.372. The molecule has 4 aliphatic carbocycles. The van der Waals surface area contributed by atoms with Gasteiger partial charge in [0.05, 0.1) is 38.6 Å². The maximum absolute atomic E-state index is 11.7. The van der Waals surface area contributed by atoms with Crippen molar-refractivity contribution in [3.05, 3.63) is 0 Å². The van der Waals surface area contributed by atoms with Crippen molar-refractivity contribution in [2.24, 2.45) is 46.3 Å². The first-order chi connectivity index (χ1) is 15.7. The molecule has 0 saturated heterocycles. The average Bonchev–Trinajstić information content (AvgIpc) is 3.15. The minimum Gasteiger partial charge on any atom is -0.469 e. The summed E-state index contributed by atoms with van der Waals surface area (Å²) in [6.07, 6.45) is 7.41. The summed E-state index contributed by atoms with van der Waals surface area (Å²) < 4.78 is 10.7. The molecule has 4 aliphatic rings. The molecule has 4 fully saturated rings. The van der Waals surface area contributed by atoms with Gasteiger partial charge in [0.2, 0.25) is 0 Å². The van der Waals surface area contributed by atoms with E-state index in [-0.39, 0.29) is 47.6 Å². The average molecular weight is 467 g/mol. The van der Waals surface area contributed by atoms with Crippen LogP contribution in [0.3, 0.4) is 0 Å². The van der Waals surface area contributed by atoms with Crippen LogP contribution >= 0.6 is 0 Å². The summed E-state index contributed by atoms with van der Waals surface area (Å²) >= 11 is 0. The number of hydrogen-bond donors (Lipinski definition) is 3. The first kappa shape index (κ1) is 25.4. The first-order valence-electron chi connectivity index (χ1n) is 13.3. The van der Waals surface area contributed by atoms with Gasteiger partial charge in [-0.3, -0.25) is 4.79 Å². The van der Waals surface area contributed by atoms with Crippen molar-refractivity contribution in [3.63, 3.8) is 0 Å². The summed E-state index contributed by atoms with van der Waals surface area (Å²) in [4.78, 5) is 11.7. The van der Waals surface area contributed by atoms with Crippen LogP contribution in [0.15, 0.2) is 0 Å². The number of fused-ring (bicyclic) bond motifs is 5. The van der Waals surface area contributed by atoms with Crippen LogP contribution in [-0.4, -0.2) is 59.9 Å². The fourth-order valence-electron chi connectivity index (χ4n) is 9.13. The van der Waals surface area contributed by atoms with Gasteiger partial charge >= 0.3 is 5.97 Å². The number of ether oxygens (including phenoxy) is 2. The minimum absolute atomic E-state index is 0.0530. The lowest BCUT2D eigenvalue weighted by Gasteiger charge is -2.63. The Balaban J connectivity index is 1.52. The summed E-state index contributed by atoms with van der Waals surface area (Å²) in [5, 5.41) is 32.3. The number of aliphatic hydroxyl groups is 3. The van der Waals surface area contributed by atoms with Crippen LogP contribution < -0.4 is 0 Å². The summed E-state index contributed by atoms with van der Waals surface area (Å²) in [7, 11) is 1.44. The highest BCUT2D eigenvalue weighted by molar-refractivity contribution is 5.69. The predicted molar refractivity (Wildman–Crippen MR) is 125 cm³/mol. The second-order valence-corrected chi connectivity index (χ2v) is 12.2. The highest BCUT2D eigenvalue weighted by Crippen LogP contribution is 2.68. The molecule has 0 heterocycles. The molecular weight excluding hydrogens is 420 g/mol. The maximum atomic E-state index is 11.7. The molecule has 6 heteroatoms. The second kappa shape index (κ2) is 9.75. The van der Waals surface area contributed by atoms with Gasteiger partial charge in [-0.25, -0.2) is 0 Å². The van der Waals surface area contributed by atoms with Gasteiger partial charge in [-0.2, -0.15) is 0 Å². The van der Waals surface area contributed by atoms with E-state index in [0.717, 1.165) is 51.4 Å². The number of methoxy groups -OCH3 is 1. The van der Waals surface area contributed by atoms with Crippen LogP contribution in [0.5, 0.6) is 0 Å². The Kier molecular flexibility index (Phi) is 7.51. The topological polar surface area (TPSA) is 96.2 Å². The lowest BCUT2D eigenvalue weighted by Crippen LogP contribution is -2.62. The molecule has 0 aromatic heterocycles. The van der Waals surface area contributed by atoms with E-state index in [1.54, 1.807) is 0 Å². The van der Waals surface area contributed by atoms with Gasteiger partial charge in [0.15, 0.2) is 0 Å². The van der Waals surface area contributed by atoms with E-state index in [1.165, 1.54) is 7.11 Å². The molecule has 6 nitrogen and oxygen atoms in total. The van der Waals surface area contributed by atoms with E-state index >= 15 is 0 Å². The molecule has 190 valence electrons. The summed E-state index contributed by atoms with van der Waals surface area (Å²) in [6, 6.07) is 0. The summed E-state index contributed by atoms with van der Waals surface area (Å²) in [5.74, 6) is 1.85. The van der Waals surface area contributed by atoms with Crippen molar-refractivity contribution >= 4 is 5.97 Å². The van der Waals surface area contributed by atoms with E-state index in [4.69, 9.17) is 14.6 Å². The zero-order valence-electron chi connectivity index (χ0n) is 21.0. The SMILES string of the molecule is COC(=O)CC[C@@H](C)[C@H]1CC[C@H]2[C@@H]3[C@H](O)C[C@H]4C[C@@H](OCCO)CC[C@]4(C)[C@H]3C[C@H](O)[C@]12C. The molecule has 0 amide bonds. The smallest absolute Gasteiger partial charge is 0.305 e.